The van der Waals surface area contributed by atoms with Gasteiger partial charge in [0, 0.05) is 18.4 Å². The molecule has 2 N–H and O–H groups in total. The Morgan fingerprint density at radius 2 is 2.05 bits per heavy atom. The molecule has 1 aliphatic carbocycles. The van der Waals surface area contributed by atoms with Crippen LogP contribution >= 0.6 is 0 Å². The van der Waals surface area contributed by atoms with Crippen molar-refractivity contribution in [2.75, 3.05) is 12.8 Å². The minimum absolute atomic E-state index is 0.117. The van der Waals surface area contributed by atoms with E-state index in [4.69, 9.17) is 10.5 Å². The Morgan fingerprint density at radius 1 is 1.29 bits per heavy atom. The fourth-order valence-corrected chi connectivity index (χ4v) is 2.88. The SMILES string of the molecule is COC1(Cn2nnnc2-c2cc(N)c(C)cc2C)CCC1. The summed E-state index contributed by atoms with van der Waals surface area (Å²) in [6, 6.07) is 4.02. The smallest absolute Gasteiger partial charge is 0.182 e. The summed E-state index contributed by atoms with van der Waals surface area (Å²) in [6.45, 7) is 4.73. The third-order valence-electron chi connectivity index (χ3n) is 4.52. The number of nitrogens with zero attached hydrogens (tertiary/aromatic N) is 4. The molecule has 1 saturated carbocycles. The van der Waals surface area contributed by atoms with Crippen LogP contribution in [-0.2, 0) is 11.3 Å². The number of hydrogen-bond donors (Lipinski definition) is 1. The standard InChI is InChI=1S/C15H21N5O/c1-10-7-11(2)13(16)8-12(10)14-17-18-19-20(14)9-15(21-3)5-4-6-15/h7-8H,4-6,9,16H2,1-3H3. The first-order valence-corrected chi connectivity index (χ1v) is 7.23. The molecule has 1 fully saturated rings. The van der Waals surface area contributed by atoms with Crippen molar-refractivity contribution in [3.63, 3.8) is 0 Å². The van der Waals surface area contributed by atoms with E-state index in [1.807, 2.05) is 17.7 Å². The first kappa shape index (κ1) is 14.0. The second-order valence-corrected chi connectivity index (χ2v) is 5.92. The predicted molar refractivity (Wildman–Crippen MR) is 80.7 cm³/mol. The lowest BCUT2D eigenvalue weighted by molar-refractivity contribution is -0.0855. The highest BCUT2D eigenvalue weighted by atomic mass is 16.5. The maximum Gasteiger partial charge on any atom is 0.182 e. The molecule has 0 saturated heterocycles. The lowest BCUT2D eigenvalue weighted by Crippen LogP contribution is -2.43. The normalized spacial score (nSPS) is 16.7. The molecule has 6 heteroatoms. The van der Waals surface area contributed by atoms with Gasteiger partial charge >= 0.3 is 0 Å². The molecule has 3 rings (SSSR count). The van der Waals surface area contributed by atoms with E-state index in [1.54, 1.807) is 7.11 Å². The Bertz CT molecular complexity index is 655. The van der Waals surface area contributed by atoms with Gasteiger partial charge in [0.25, 0.3) is 0 Å². The summed E-state index contributed by atoms with van der Waals surface area (Å²) in [6.07, 6.45) is 3.30. The Kier molecular flexibility index (Phi) is 3.41. The van der Waals surface area contributed by atoms with Crippen LogP contribution in [0.15, 0.2) is 12.1 Å². The van der Waals surface area contributed by atoms with E-state index in [-0.39, 0.29) is 5.60 Å². The lowest BCUT2D eigenvalue weighted by atomic mass is 9.80. The Morgan fingerprint density at radius 3 is 2.67 bits per heavy atom. The maximum atomic E-state index is 6.03. The molecule has 0 atom stereocenters. The van der Waals surface area contributed by atoms with Crippen molar-refractivity contribution in [2.45, 2.75) is 45.3 Å². The van der Waals surface area contributed by atoms with Crippen molar-refractivity contribution >= 4 is 5.69 Å². The quantitative estimate of drug-likeness (QED) is 0.871. The van der Waals surface area contributed by atoms with Crippen LogP contribution in [0.3, 0.4) is 0 Å². The number of rotatable bonds is 4. The van der Waals surface area contributed by atoms with Crippen LogP contribution in [0.1, 0.15) is 30.4 Å². The molecule has 1 aromatic heterocycles. The maximum absolute atomic E-state index is 6.03. The minimum Gasteiger partial charge on any atom is -0.398 e. The van der Waals surface area contributed by atoms with Crippen molar-refractivity contribution in [1.29, 1.82) is 0 Å². The molecule has 1 heterocycles. The van der Waals surface area contributed by atoms with E-state index in [9.17, 15) is 0 Å². The van der Waals surface area contributed by atoms with Crippen LogP contribution in [0.2, 0.25) is 0 Å². The van der Waals surface area contributed by atoms with Crippen molar-refractivity contribution in [3.05, 3.63) is 23.3 Å². The van der Waals surface area contributed by atoms with Gasteiger partial charge in [-0.2, -0.15) is 0 Å². The zero-order valence-electron chi connectivity index (χ0n) is 12.8. The summed E-state index contributed by atoms with van der Waals surface area (Å²) < 4.78 is 7.50. The molecule has 2 aromatic rings. The minimum atomic E-state index is -0.117. The van der Waals surface area contributed by atoms with Crippen LogP contribution in [0, 0.1) is 13.8 Å². The van der Waals surface area contributed by atoms with Crippen LogP contribution in [0.4, 0.5) is 5.69 Å². The molecule has 0 radical (unpaired) electrons. The number of benzene rings is 1. The third-order valence-corrected chi connectivity index (χ3v) is 4.52. The van der Waals surface area contributed by atoms with Gasteiger partial charge in [0.2, 0.25) is 0 Å². The van der Waals surface area contributed by atoms with E-state index in [0.29, 0.717) is 6.54 Å². The number of nitrogens with two attached hydrogens (primary N) is 1. The largest absolute Gasteiger partial charge is 0.398 e. The summed E-state index contributed by atoms with van der Waals surface area (Å²) >= 11 is 0. The average molecular weight is 287 g/mol. The van der Waals surface area contributed by atoms with Crippen molar-refractivity contribution in [2.24, 2.45) is 0 Å². The number of aromatic nitrogens is 4. The molecule has 0 spiro atoms. The van der Waals surface area contributed by atoms with E-state index in [2.05, 4.69) is 28.5 Å². The van der Waals surface area contributed by atoms with E-state index in [0.717, 1.165) is 41.0 Å². The second kappa shape index (κ2) is 5.11. The number of methoxy groups -OCH3 is 1. The fourth-order valence-electron chi connectivity index (χ4n) is 2.88. The molecular formula is C15H21N5O. The zero-order valence-corrected chi connectivity index (χ0v) is 12.8. The fraction of sp³-hybridized carbons (Fsp3) is 0.533. The van der Waals surface area contributed by atoms with Gasteiger partial charge in [-0.05, 0) is 60.7 Å². The lowest BCUT2D eigenvalue weighted by Gasteiger charge is -2.40. The molecular weight excluding hydrogens is 266 g/mol. The van der Waals surface area contributed by atoms with Gasteiger partial charge in [-0.15, -0.1) is 5.10 Å². The number of nitrogen functional groups attached to an aromatic ring is 1. The van der Waals surface area contributed by atoms with Gasteiger partial charge in [-0.3, -0.25) is 0 Å². The third kappa shape index (κ3) is 2.40. The summed E-state index contributed by atoms with van der Waals surface area (Å²) in [7, 11) is 1.76. The highest BCUT2D eigenvalue weighted by molar-refractivity contribution is 5.67. The summed E-state index contributed by atoms with van der Waals surface area (Å²) in [4.78, 5) is 0. The molecule has 6 nitrogen and oxygen atoms in total. The molecule has 21 heavy (non-hydrogen) atoms. The topological polar surface area (TPSA) is 78.8 Å². The average Bonchev–Trinajstić information content (AvgIpc) is 2.86. The second-order valence-electron chi connectivity index (χ2n) is 5.92. The molecule has 1 aliphatic rings. The Labute approximate surface area is 124 Å². The van der Waals surface area contributed by atoms with Gasteiger partial charge in [-0.25, -0.2) is 4.68 Å². The molecule has 1 aromatic carbocycles. The van der Waals surface area contributed by atoms with Gasteiger partial charge in [0.15, 0.2) is 5.82 Å². The van der Waals surface area contributed by atoms with Gasteiger partial charge in [0.05, 0.1) is 12.1 Å². The Hall–Kier alpha value is -1.95. The molecule has 112 valence electrons. The molecule has 0 aliphatic heterocycles. The van der Waals surface area contributed by atoms with Crippen LogP contribution in [0.5, 0.6) is 0 Å². The van der Waals surface area contributed by atoms with E-state index < -0.39 is 0 Å². The number of aryl methyl sites for hydroxylation is 2. The number of anilines is 1. The number of tetrazole rings is 1. The number of hydrogen-bond acceptors (Lipinski definition) is 5. The van der Waals surface area contributed by atoms with Crippen molar-refractivity contribution in [3.8, 4) is 11.4 Å². The van der Waals surface area contributed by atoms with Crippen LogP contribution in [-0.4, -0.2) is 32.9 Å². The van der Waals surface area contributed by atoms with Gasteiger partial charge in [0.1, 0.15) is 0 Å². The summed E-state index contributed by atoms with van der Waals surface area (Å²) in [5.74, 6) is 0.752. The Balaban J connectivity index is 1.97. The summed E-state index contributed by atoms with van der Waals surface area (Å²) in [5, 5.41) is 12.2. The molecule has 0 unspecified atom stereocenters. The van der Waals surface area contributed by atoms with Gasteiger partial charge < -0.3 is 10.5 Å². The van der Waals surface area contributed by atoms with E-state index >= 15 is 0 Å². The first-order valence-electron chi connectivity index (χ1n) is 7.23. The highest BCUT2D eigenvalue weighted by Gasteiger charge is 2.38. The van der Waals surface area contributed by atoms with Crippen LogP contribution in [0.25, 0.3) is 11.4 Å². The monoisotopic (exact) mass is 287 g/mol. The first-order chi connectivity index (χ1) is 10.0. The van der Waals surface area contributed by atoms with Crippen molar-refractivity contribution < 1.29 is 4.74 Å². The predicted octanol–water partition coefficient (Wildman–Crippen LogP) is 2.11. The van der Waals surface area contributed by atoms with Crippen molar-refractivity contribution in [1.82, 2.24) is 20.2 Å². The summed E-state index contributed by atoms with van der Waals surface area (Å²) in [5.41, 5.74) is 9.85. The highest BCUT2D eigenvalue weighted by Crippen LogP contribution is 2.37. The van der Waals surface area contributed by atoms with E-state index in [1.165, 1.54) is 6.42 Å². The van der Waals surface area contributed by atoms with Crippen LogP contribution < -0.4 is 5.73 Å². The van der Waals surface area contributed by atoms with Gasteiger partial charge in [-0.1, -0.05) is 6.07 Å². The molecule has 0 amide bonds. The molecule has 0 bridgehead atoms. The zero-order chi connectivity index (χ0) is 15.0. The number of ether oxygens (including phenoxy) is 1.